The lowest BCUT2D eigenvalue weighted by Gasteiger charge is -2.41. The fourth-order valence-electron chi connectivity index (χ4n) is 6.89. The molecule has 49 heavy (non-hydrogen) atoms. The summed E-state index contributed by atoms with van der Waals surface area (Å²) in [5.41, 5.74) is -2.37. The lowest BCUT2D eigenvalue weighted by Crippen LogP contribution is -2.52. The number of unbranched alkanes of at least 4 members (excludes halogenated alkanes) is 1. The highest BCUT2D eigenvalue weighted by molar-refractivity contribution is 8.69. The number of ether oxygens (including phenoxy) is 5. The predicted molar refractivity (Wildman–Crippen MR) is 187 cm³/mol. The largest absolute Gasteiger partial charge is 0.497 e. The molecule has 5 rings (SSSR count). The van der Waals surface area contributed by atoms with Gasteiger partial charge in [0.25, 0.3) is 0 Å². The van der Waals surface area contributed by atoms with Crippen molar-refractivity contribution in [2.45, 2.75) is 61.3 Å². The fraction of sp³-hybridized carbons (Fsp3) is 0.444. The van der Waals surface area contributed by atoms with E-state index in [0.717, 1.165) is 0 Å². The van der Waals surface area contributed by atoms with Crippen molar-refractivity contribution in [2.75, 3.05) is 34.0 Å². The summed E-state index contributed by atoms with van der Waals surface area (Å²) in [5.74, 6) is -1.71. The number of methoxy groups -OCH3 is 2. The van der Waals surface area contributed by atoms with Gasteiger partial charge < -0.3 is 44.3 Å². The topological polar surface area (TPSA) is 153 Å². The van der Waals surface area contributed by atoms with Gasteiger partial charge in [0.2, 0.25) is 0 Å². The average Bonchev–Trinajstić information content (AvgIpc) is 3.50. The lowest BCUT2D eigenvalue weighted by molar-refractivity contribution is -0.161. The number of fused-ring (bicyclic) bond motifs is 3. The Morgan fingerprint density at radius 2 is 1.76 bits per heavy atom. The quantitative estimate of drug-likeness (QED) is 0.0675. The first kappa shape index (κ1) is 36.7. The molecule has 5 atom stereocenters. The number of carbonyl (C=O) groups is 2. The van der Waals surface area contributed by atoms with Gasteiger partial charge in [-0.2, -0.15) is 0 Å². The summed E-state index contributed by atoms with van der Waals surface area (Å²) < 4.78 is 28.4. The number of alkyl carbamates (subject to hydrolysis) is 1. The fourth-order valence-corrected chi connectivity index (χ4v) is 7.16. The molecule has 1 amide bonds. The third kappa shape index (κ3) is 6.79. The summed E-state index contributed by atoms with van der Waals surface area (Å²) in [7, 11) is 4.09. The molecule has 3 aromatic rings. The van der Waals surface area contributed by atoms with Crippen LogP contribution in [0.15, 0.2) is 66.7 Å². The maximum atomic E-state index is 13.4. The number of amides is 1. The number of hydrogen-bond acceptors (Lipinski definition) is 12. The number of carbonyl (C=O) groups excluding carboxylic acids is 2. The predicted octanol–water partition coefficient (Wildman–Crippen LogP) is 4.85. The third-order valence-corrected chi connectivity index (χ3v) is 11.3. The number of esters is 1. The SMILES string of the molecule is COC(=O)[C@H]1[C@@H](O)[C@@]2(O)c3c(CO)cc(OCCCCNC(=O)OCC(C)(C)SS)cc3O[C@@]2(c2ccc(OC)cc2)[C@@H]1c1ccccc1. The van der Waals surface area contributed by atoms with Crippen LogP contribution < -0.4 is 19.5 Å². The first-order chi connectivity index (χ1) is 23.5. The van der Waals surface area contributed by atoms with Crippen molar-refractivity contribution in [1.29, 1.82) is 0 Å². The van der Waals surface area contributed by atoms with Gasteiger partial charge in [-0.25, -0.2) is 4.79 Å². The summed E-state index contributed by atoms with van der Waals surface area (Å²) >= 11 is 4.19. The zero-order chi connectivity index (χ0) is 35.4. The first-order valence-electron chi connectivity index (χ1n) is 16.0. The summed E-state index contributed by atoms with van der Waals surface area (Å²) in [5, 5.41) is 38.3. The molecule has 0 bridgehead atoms. The van der Waals surface area contributed by atoms with Gasteiger partial charge in [-0.1, -0.05) is 53.3 Å². The van der Waals surface area contributed by atoms with E-state index in [2.05, 4.69) is 17.0 Å². The smallest absolute Gasteiger partial charge is 0.407 e. The van der Waals surface area contributed by atoms with E-state index >= 15 is 0 Å². The van der Waals surface area contributed by atoms with Crippen molar-refractivity contribution < 1.29 is 48.6 Å². The van der Waals surface area contributed by atoms with Gasteiger partial charge in [0, 0.05) is 24.1 Å². The molecule has 1 aliphatic carbocycles. The third-order valence-electron chi connectivity index (χ3n) is 9.17. The van der Waals surface area contributed by atoms with E-state index in [9.17, 15) is 24.9 Å². The minimum atomic E-state index is -2.20. The van der Waals surface area contributed by atoms with Crippen molar-refractivity contribution in [3.05, 3.63) is 89.0 Å². The molecule has 0 saturated heterocycles. The zero-order valence-corrected chi connectivity index (χ0v) is 29.6. The Balaban J connectivity index is 1.44. The van der Waals surface area contributed by atoms with Crippen LogP contribution in [0.4, 0.5) is 4.79 Å². The van der Waals surface area contributed by atoms with E-state index in [1.807, 2.05) is 44.2 Å². The number of aliphatic hydroxyl groups is 3. The van der Waals surface area contributed by atoms with Gasteiger partial charge in [-0.05, 0) is 61.6 Å². The van der Waals surface area contributed by atoms with Gasteiger partial charge in [0.1, 0.15) is 30.0 Å². The van der Waals surface area contributed by atoms with Gasteiger partial charge in [0.05, 0.1) is 38.1 Å². The van der Waals surface area contributed by atoms with E-state index in [4.69, 9.17) is 23.7 Å². The van der Waals surface area contributed by atoms with E-state index in [0.29, 0.717) is 42.0 Å². The van der Waals surface area contributed by atoms with Crippen molar-refractivity contribution in [3.8, 4) is 17.2 Å². The molecule has 0 radical (unpaired) electrons. The zero-order valence-electron chi connectivity index (χ0n) is 27.9. The van der Waals surface area contributed by atoms with Crippen LogP contribution in [0.2, 0.25) is 0 Å². The second-order valence-electron chi connectivity index (χ2n) is 12.7. The average molecular weight is 714 g/mol. The molecule has 3 aromatic carbocycles. The second-order valence-corrected chi connectivity index (χ2v) is 14.6. The molecule has 4 N–H and O–H groups in total. The number of rotatable bonds is 14. The standard InChI is InChI=1S/C36H43NO10S2/c1-34(2,49-48)21-46-33(41)37-16-8-9-17-45-26-18-23(20-38)29-27(19-26)47-36(24-12-14-25(43-3)15-13-24)30(22-10-6-5-7-11-22)28(32(40)44-4)31(39)35(29,36)42/h5-7,10-15,18-19,28,30-31,38-39,42,48H,8-9,16-17,20-21H2,1-4H3,(H,37,41)/t28-,30-,31-,35+,36+/m1/s1. The number of thiol groups is 1. The van der Waals surface area contributed by atoms with Crippen LogP contribution in [-0.2, 0) is 32.1 Å². The van der Waals surface area contributed by atoms with E-state index in [-0.39, 0.29) is 34.8 Å². The molecule has 0 aromatic heterocycles. The van der Waals surface area contributed by atoms with Crippen LogP contribution >= 0.6 is 22.5 Å². The molecular weight excluding hydrogens is 671 g/mol. The Hall–Kier alpha value is -3.62. The van der Waals surface area contributed by atoms with Crippen molar-refractivity contribution in [3.63, 3.8) is 0 Å². The van der Waals surface area contributed by atoms with Crippen molar-refractivity contribution >= 4 is 34.5 Å². The Bertz CT molecular complexity index is 1620. The van der Waals surface area contributed by atoms with Crippen LogP contribution in [0, 0.1) is 5.92 Å². The van der Waals surface area contributed by atoms with Crippen LogP contribution in [-0.4, -0.2) is 72.2 Å². The van der Waals surface area contributed by atoms with E-state index < -0.39 is 47.8 Å². The van der Waals surface area contributed by atoms with Gasteiger partial charge in [-0.3, -0.25) is 4.79 Å². The molecule has 1 fully saturated rings. The molecular formula is C36H43NO10S2. The molecule has 0 spiro atoms. The van der Waals surface area contributed by atoms with E-state index in [1.54, 1.807) is 36.4 Å². The maximum absolute atomic E-state index is 13.4. The summed E-state index contributed by atoms with van der Waals surface area (Å²) in [6.07, 6.45) is -0.971. The Morgan fingerprint density at radius 3 is 2.39 bits per heavy atom. The minimum Gasteiger partial charge on any atom is -0.497 e. The van der Waals surface area contributed by atoms with Crippen LogP contribution in [0.1, 0.15) is 54.9 Å². The minimum absolute atomic E-state index is 0.167. The van der Waals surface area contributed by atoms with Crippen LogP contribution in [0.3, 0.4) is 0 Å². The Kier molecular flexibility index (Phi) is 11.3. The monoisotopic (exact) mass is 713 g/mol. The molecule has 264 valence electrons. The van der Waals surface area contributed by atoms with Crippen molar-refractivity contribution in [2.24, 2.45) is 5.92 Å². The highest BCUT2D eigenvalue weighted by Gasteiger charge is 2.78. The highest BCUT2D eigenvalue weighted by atomic mass is 33.1. The molecule has 11 nitrogen and oxygen atoms in total. The molecule has 2 aliphatic rings. The molecule has 1 heterocycles. The highest BCUT2D eigenvalue weighted by Crippen LogP contribution is 2.69. The second kappa shape index (κ2) is 15.1. The Morgan fingerprint density at radius 1 is 1.04 bits per heavy atom. The van der Waals surface area contributed by atoms with Crippen LogP contribution in [0.25, 0.3) is 0 Å². The summed E-state index contributed by atoms with van der Waals surface area (Å²) in [6.45, 7) is 4.25. The molecule has 13 heteroatoms. The van der Waals surface area contributed by atoms with Crippen LogP contribution in [0.5, 0.6) is 17.2 Å². The number of hydrogen-bond donors (Lipinski definition) is 5. The van der Waals surface area contributed by atoms with Gasteiger partial charge >= 0.3 is 12.1 Å². The Labute approximate surface area is 295 Å². The number of aliphatic hydroxyl groups excluding tert-OH is 2. The molecule has 1 saturated carbocycles. The first-order valence-corrected chi connectivity index (χ1v) is 17.8. The van der Waals surface area contributed by atoms with Crippen molar-refractivity contribution in [1.82, 2.24) is 5.32 Å². The van der Waals surface area contributed by atoms with Gasteiger partial charge in [-0.15, -0.1) is 11.7 Å². The molecule has 1 aliphatic heterocycles. The van der Waals surface area contributed by atoms with E-state index in [1.165, 1.54) is 25.0 Å². The normalized spacial score (nSPS) is 24.0. The lowest BCUT2D eigenvalue weighted by atomic mass is 9.70. The number of benzene rings is 3. The molecule has 0 unspecified atom stereocenters. The summed E-state index contributed by atoms with van der Waals surface area (Å²) in [6, 6.07) is 19.2. The maximum Gasteiger partial charge on any atom is 0.407 e. The summed E-state index contributed by atoms with van der Waals surface area (Å²) in [4.78, 5) is 25.4. The van der Waals surface area contributed by atoms with Gasteiger partial charge in [0.15, 0.2) is 11.2 Å². The number of nitrogens with one attached hydrogen (secondary N) is 1.